The minimum absolute atomic E-state index is 0.625. The third kappa shape index (κ3) is 5.70. The highest BCUT2D eigenvalue weighted by molar-refractivity contribution is 5.60. The molecular weight excluding hydrogens is 378 g/mol. The van der Waals surface area contributed by atoms with E-state index in [1.165, 1.54) is 16.0 Å². The molecule has 30 heavy (non-hydrogen) atoms. The van der Waals surface area contributed by atoms with Gasteiger partial charge in [-0.1, -0.05) is 30.3 Å². The highest BCUT2D eigenvalue weighted by atomic mass is 16.5. The number of H-pyrrole nitrogens is 1. The molecule has 4 N–H and O–H groups in total. The first-order valence-electron chi connectivity index (χ1n) is 10.6. The molecule has 7 nitrogen and oxygen atoms in total. The number of aromatic amines is 1. The summed E-state index contributed by atoms with van der Waals surface area (Å²) in [6.07, 6.45) is 1.77. The van der Waals surface area contributed by atoms with Gasteiger partial charge in [0, 0.05) is 39.2 Å². The van der Waals surface area contributed by atoms with Crippen molar-refractivity contribution in [1.82, 2.24) is 0 Å². The van der Waals surface area contributed by atoms with Gasteiger partial charge < -0.3 is 25.0 Å². The Morgan fingerprint density at radius 3 is 2.53 bits per heavy atom. The van der Waals surface area contributed by atoms with Crippen LogP contribution >= 0.6 is 0 Å². The largest absolute Gasteiger partial charge is 0.385 e. The quantitative estimate of drug-likeness (QED) is 0.481. The Hall–Kier alpha value is -2.66. The van der Waals surface area contributed by atoms with E-state index in [9.17, 15) is 5.26 Å². The lowest BCUT2D eigenvalue weighted by molar-refractivity contribution is -0.929. The molecule has 1 aromatic carbocycles. The number of rotatable bonds is 11. The van der Waals surface area contributed by atoms with Crippen LogP contribution in [-0.2, 0) is 29.0 Å². The van der Waals surface area contributed by atoms with Gasteiger partial charge in [0.15, 0.2) is 0 Å². The SMILES string of the molecule is COCCCNc1[nH+]c(NCCOC)c2c(c1C#N)CC[NH+](Cc1ccccc1)C2. The summed E-state index contributed by atoms with van der Waals surface area (Å²) in [5.74, 6) is 1.78. The standard InChI is InChI=1S/C23H31N5O2/c1-29-13-6-10-25-22-20(15-24)19-9-12-28(16-18-7-4-3-5-8-18)17-21(19)23(27-22)26-11-14-30-2/h3-5,7-8H,6,9-14,16-17H2,1-2H3,(H2,25,26,27)/p+2. The summed E-state index contributed by atoms with van der Waals surface area (Å²) in [5.41, 5.74) is 4.44. The Bertz CT molecular complexity index is 851. The summed E-state index contributed by atoms with van der Waals surface area (Å²) >= 11 is 0. The summed E-state index contributed by atoms with van der Waals surface area (Å²) < 4.78 is 10.3. The van der Waals surface area contributed by atoms with Crippen LogP contribution in [0.5, 0.6) is 0 Å². The number of quaternary nitrogens is 1. The molecule has 1 atom stereocenters. The van der Waals surface area contributed by atoms with Gasteiger partial charge in [0.1, 0.15) is 24.7 Å². The van der Waals surface area contributed by atoms with Crippen molar-refractivity contribution in [2.24, 2.45) is 0 Å². The minimum Gasteiger partial charge on any atom is -0.385 e. The fourth-order valence-electron chi connectivity index (χ4n) is 3.98. The molecule has 2 aromatic rings. The van der Waals surface area contributed by atoms with Crippen LogP contribution < -0.4 is 20.5 Å². The van der Waals surface area contributed by atoms with E-state index in [4.69, 9.17) is 9.47 Å². The third-order valence-corrected chi connectivity index (χ3v) is 5.47. The van der Waals surface area contributed by atoms with Crippen molar-refractivity contribution in [3.8, 4) is 6.07 Å². The van der Waals surface area contributed by atoms with Crippen LogP contribution in [0.15, 0.2) is 30.3 Å². The number of ether oxygens (including phenoxy) is 2. The lowest BCUT2D eigenvalue weighted by Gasteiger charge is -2.27. The molecule has 0 bridgehead atoms. The Morgan fingerprint density at radius 1 is 1.03 bits per heavy atom. The average Bonchev–Trinajstić information content (AvgIpc) is 2.77. The smallest absolute Gasteiger partial charge is 0.237 e. The first kappa shape index (κ1) is 22.0. The average molecular weight is 412 g/mol. The summed E-state index contributed by atoms with van der Waals surface area (Å²) in [4.78, 5) is 4.96. The minimum atomic E-state index is 0.625. The van der Waals surface area contributed by atoms with E-state index in [1.807, 2.05) is 0 Å². The number of pyridine rings is 1. The van der Waals surface area contributed by atoms with Crippen LogP contribution in [0.1, 0.15) is 28.7 Å². The van der Waals surface area contributed by atoms with Crippen molar-refractivity contribution in [1.29, 1.82) is 5.26 Å². The molecule has 2 heterocycles. The van der Waals surface area contributed by atoms with Gasteiger partial charge in [-0.2, -0.15) is 5.26 Å². The van der Waals surface area contributed by atoms with Gasteiger partial charge in [0.2, 0.25) is 11.6 Å². The molecular formula is C23H33N5O2+2. The maximum Gasteiger partial charge on any atom is 0.237 e. The zero-order valence-electron chi connectivity index (χ0n) is 18.0. The highest BCUT2D eigenvalue weighted by Gasteiger charge is 2.30. The summed E-state index contributed by atoms with van der Waals surface area (Å²) in [6, 6.07) is 13.0. The number of anilines is 2. The predicted molar refractivity (Wildman–Crippen MR) is 116 cm³/mol. The fraction of sp³-hybridized carbons (Fsp3) is 0.478. The van der Waals surface area contributed by atoms with E-state index in [0.29, 0.717) is 19.8 Å². The maximum atomic E-state index is 9.90. The van der Waals surface area contributed by atoms with Crippen LogP contribution in [0.2, 0.25) is 0 Å². The Morgan fingerprint density at radius 2 is 1.80 bits per heavy atom. The first-order valence-corrected chi connectivity index (χ1v) is 10.6. The van der Waals surface area contributed by atoms with Crippen molar-refractivity contribution < 1.29 is 19.4 Å². The zero-order valence-corrected chi connectivity index (χ0v) is 18.0. The number of nitriles is 1. The molecule has 3 rings (SSSR count). The molecule has 1 aliphatic heterocycles. The van der Waals surface area contributed by atoms with Crippen molar-refractivity contribution in [3.63, 3.8) is 0 Å². The molecule has 0 aliphatic carbocycles. The van der Waals surface area contributed by atoms with Gasteiger partial charge in [-0.05, 0) is 5.56 Å². The van der Waals surface area contributed by atoms with Crippen molar-refractivity contribution >= 4 is 11.6 Å². The van der Waals surface area contributed by atoms with Crippen molar-refractivity contribution in [2.75, 3.05) is 57.7 Å². The summed E-state index contributed by atoms with van der Waals surface area (Å²) in [6.45, 7) is 5.66. The Labute approximate surface area is 179 Å². The molecule has 0 saturated heterocycles. The van der Waals surface area contributed by atoms with Gasteiger partial charge in [0.05, 0.1) is 31.8 Å². The molecule has 0 amide bonds. The Kier molecular flexibility index (Phi) is 8.45. The molecule has 0 radical (unpaired) electrons. The number of benzene rings is 1. The molecule has 1 aromatic heterocycles. The van der Waals surface area contributed by atoms with Crippen LogP contribution in [0.25, 0.3) is 0 Å². The van der Waals surface area contributed by atoms with Gasteiger partial charge >= 0.3 is 0 Å². The number of fused-ring (bicyclic) bond motifs is 1. The topological polar surface area (TPSA) is 84.9 Å². The second-order valence-corrected chi connectivity index (χ2v) is 7.60. The van der Waals surface area contributed by atoms with E-state index in [0.717, 1.165) is 61.8 Å². The molecule has 0 spiro atoms. The van der Waals surface area contributed by atoms with Gasteiger partial charge in [0.25, 0.3) is 0 Å². The molecule has 160 valence electrons. The van der Waals surface area contributed by atoms with Crippen LogP contribution in [0, 0.1) is 11.3 Å². The number of nitrogens with zero attached hydrogens (tertiary/aromatic N) is 1. The van der Waals surface area contributed by atoms with Crippen LogP contribution in [-0.4, -0.2) is 47.1 Å². The lowest BCUT2D eigenvalue weighted by Crippen LogP contribution is -3.10. The predicted octanol–water partition coefficient (Wildman–Crippen LogP) is 1.02. The van der Waals surface area contributed by atoms with E-state index < -0.39 is 0 Å². The second kappa shape index (κ2) is 11.5. The van der Waals surface area contributed by atoms with Gasteiger partial charge in [-0.15, -0.1) is 0 Å². The van der Waals surface area contributed by atoms with Gasteiger partial charge in [-0.3, -0.25) is 0 Å². The van der Waals surface area contributed by atoms with Crippen LogP contribution in [0.3, 0.4) is 0 Å². The molecule has 1 aliphatic rings. The highest BCUT2D eigenvalue weighted by Crippen LogP contribution is 2.25. The number of aromatic nitrogens is 1. The first-order chi connectivity index (χ1) is 14.8. The summed E-state index contributed by atoms with van der Waals surface area (Å²) in [5, 5.41) is 16.8. The normalized spacial score (nSPS) is 15.3. The molecule has 7 heteroatoms. The van der Waals surface area contributed by atoms with E-state index in [2.05, 4.69) is 52.0 Å². The van der Waals surface area contributed by atoms with E-state index in [1.54, 1.807) is 14.2 Å². The second-order valence-electron chi connectivity index (χ2n) is 7.60. The van der Waals surface area contributed by atoms with E-state index in [-0.39, 0.29) is 0 Å². The van der Waals surface area contributed by atoms with Crippen molar-refractivity contribution in [3.05, 3.63) is 52.6 Å². The molecule has 0 saturated carbocycles. The van der Waals surface area contributed by atoms with E-state index >= 15 is 0 Å². The lowest BCUT2D eigenvalue weighted by atomic mass is 9.95. The summed E-state index contributed by atoms with van der Waals surface area (Å²) in [7, 11) is 3.40. The number of nitrogens with one attached hydrogen (secondary N) is 4. The number of hydrogen-bond donors (Lipinski definition) is 3. The molecule has 0 fully saturated rings. The monoisotopic (exact) mass is 411 g/mol. The van der Waals surface area contributed by atoms with Crippen molar-refractivity contribution in [2.45, 2.75) is 25.9 Å². The van der Waals surface area contributed by atoms with Gasteiger partial charge in [-0.25, -0.2) is 4.98 Å². The maximum absolute atomic E-state index is 9.90. The van der Waals surface area contributed by atoms with Crippen LogP contribution in [0.4, 0.5) is 11.6 Å². The molecule has 1 unspecified atom stereocenters. The Balaban J connectivity index is 1.85. The third-order valence-electron chi connectivity index (χ3n) is 5.47. The zero-order chi connectivity index (χ0) is 21.2. The fourth-order valence-corrected chi connectivity index (χ4v) is 3.98. The number of methoxy groups -OCH3 is 2. The number of hydrogen-bond acceptors (Lipinski definition) is 5.